The lowest BCUT2D eigenvalue weighted by atomic mass is 10.1. The van der Waals surface area contributed by atoms with E-state index in [-0.39, 0.29) is 11.5 Å². The van der Waals surface area contributed by atoms with Crippen LogP contribution in [0.4, 0.5) is 30.2 Å². The van der Waals surface area contributed by atoms with Crippen molar-refractivity contribution in [2.24, 2.45) is 0 Å². The molecule has 1 amide bonds. The Labute approximate surface area is 218 Å². The van der Waals surface area contributed by atoms with E-state index in [1.807, 2.05) is 29.6 Å². The first kappa shape index (κ1) is 27.8. The highest BCUT2D eigenvalue weighted by Gasteiger charge is 2.38. The van der Waals surface area contributed by atoms with Crippen molar-refractivity contribution in [3.8, 4) is 0 Å². The number of carbonyl (C=O) groups is 3. The predicted octanol–water partition coefficient (Wildman–Crippen LogP) is 5.31. The summed E-state index contributed by atoms with van der Waals surface area (Å²) < 4.78 is 31.7. The molecule has 3 N–H and O–H groups in total. The molecule has 3 aromatic rings. The van der Waals surface area contributed by atoms with Crippen LogP contribution in [-0.4, -0.2) is 60.4 Å². The number of para-hydroxylation sites is 1. The Kier molecular flexibility index (Phi) is 9.00. The van der Waals surface area contributed by atoms with Gasteiger partial charge in [0.1, 0.15) is 0 Å². The van der Waals surface area contributed by atoms with Gasteiger partial charge in [0.2, 0.25) is 0 Å². The van der Waals surface area contributed by atoms with Gasteiger partial charge in [-0.2, -0.15) is 13.2 Å². The van der Waals surface area contributed by atoms with Crippen LogP contribution in [-0.2, 0) is 4.79 Å². The number of rotatable bonds is 5. The Balaban J connectivity index is 0.000000479. The first-order valence-corrected chi connectivity index (χ1v) is 12.0. The van der Waals surface area contributed by atoms with Gasteiger partial charge in [-0.25, -0.2) is 9.59 Å². The lowest BCUT2D eigenvalue weighted by molar-refractivity contribution is -0.192. The molecule has 2 aromatic carbocycles. The number of anilines is 3. The number of aromatic carboxylic acids is 1. The number of thiophene rings is 1. The molecule has 13 heteroatoms. The number of carboxylic acids is 2. The third-order valence-electron chi connectivity index (χ3n) is 5.29. The van der Waals surface area contributed by atoms with Crippen molar-refractivity contribution >= 4 is 57.8 Å². The summed E-state index contributed by atoms with van der Waals surface area (Å²) in [6, 6.07) is 16.3. The molecular formula is C24H21ClF3N3O5S. The van der Waals surface area contributed by atoms with Crippen LogP contribution in [0.5, 0.6) is 0 Å². The normalized spacial score (nSPS) is 13.4. The van der Waals surface area contributed by atoms with Crippen LogP contribution >= 0.6 is 22.9 Å². The third kappa shape index (κ3) is 7.37. The summed E-state index contributed by atoms with van der Waals surface area (Å²) in [6.45, 7) is 2.82. The maximum absolute atomic E-state index is 12.3. The second-order valence-corrected chi connectivity index (χ2v) is 9.05. The number of nitrogens with zero attached hydrogens (tertiary/aromatic N) is 2. The average molecular weight is 556 g/mol. The van der Waals surface area contributed by atoms with E-state index in [0.29, 0.717) is 34.4 Å². The summed E-state index contributed by atoms with van der Waals surface area (Å²) in [6.07, 6.45) is -5.08. The number of nitrogens with one attached hydrogen (secondary N) is 1. The highest BCUT2D eigenvalue weighted by atomic mass is 35.5. The van der Waals surface area contributed by atoms with Crippen molar-refractivity contribution in [3.63, 3.8) is 0 Å². The van der Waals surface area contributed by atoms with Crippen LogP contribution in [0.25, 0.3) is 0 Å². The highest BCUT2D eigenvalue weighted by Crippen LogP contribution is 2.30. The Morgan fingerprint density at radius 1 is 0.892 bits per heavy atom. The highest BCUT2D eigenvalue weighted by molar-refractivity contribution is 7.12. The Morgan fingerprint density at radius 2 is 1.49 bits per heavy atom. The molecule has 0 unspecified atom stereocenters. The lowest BCUT2D eigenvalue weighted by Gasteiger charge is -2.38. The molecule has 37 heavy (non-hydrogen) atoms. The molecule has 196 valence electrons. The van der Waals surface area contributed by atoms with Gasteiger partial charge in [0.25, 0.3) is 5.91 Å². The number of carboxylic acid groups (broad SMARTS) is 2. The molecule has 0 saturated carbocycles. The van der Waals surface area contributed by atoms with Crippen LogP contribution in [0, 0.1) is 0 Å². The van der Waals surface area contributed by atoms with Crippen molar-refractivity contribution in [2.45, 2.75) is 6.18 Å². The number of amides is 1. The number of piperazine rings is 1. The number of aliphatic carboxylic acids is 1. The number of carbonyl (C=O) groups excluding carboxylic acids is 1. The molecule has 0 atom stereocenters. The van der Waals surface area contributed by atoms with E-state index in [4.69, 9.17) is 21.5 Å². The number of hydrogen-bond donors (Lipinski definition) is 3. The summed E-state index contributed by atoms with van der Waals surface area (Å²) in [4.78, 5) is 37.9. The number of hydrogen-bond acceptors (Lipinski definition) is 6. The molecule has 1 aromatic heterocycles. The van der Waals surface area contributed by atoms with Crippen LogP contribution in [0.3, 0.4) is 0 Å². The van der Waals surface area contributed by atoms with Gasteiger partial charge in [0, 0.05) is 31.9 Å². The molecule has 0 aliphatic carbocycles. The second kappa shape index (κ2) is 12.0. The zero-order valence-corrected chi connectivity index (χ0v) is 20.6. The van der Waals surface area contributed by atoms with Crippen molar-refractivity contribution in [1.82, 2.24) is 0 Å². The fraction of sp³-hybridized carbons (Fsp3) is 0.208. The fourth-order valence-electron chi connectivity index (χ4n) is 3.56. The minimum Gasteiger partial charge on any atom is -0.478 e. The van der Waals surface area contributed by atoms with Crippen LogP contribution in [0.2, 0.25) is 5.02 Å². The van der Waals surface area contributed by atoms with Crippen molar-refractivity contribution in [1.29, 1.82) is 0 Å². The largest absolute Gasteiger partial charge is 0.490 e. The minimum atomic E-state index is -5.08. The summed E-state index contributed by atoms with van der Waals surface area (Å²) in [7, 11) is 0. The molecule has 8 nitrogen and oxygen atoms in total. The predicted molar refractivity (Wildman–Crippen MR) is 135 cm³/mol. The molecule has 2 heterocycles. The van der Waals surface area contributed by atoms with E-state index in [1.54, 1.807) is 24.3 Å². The number of benzene rings is 2. The van der Waals surface area contributed by atoms with E-state index < -0.39 is 18.1 Å². The Morgan fingerprint density at radius 3 is 2.00 bits per heavy atom. The van der Waals surface area contributed by atoms with E-state index in [9.17, 15) is 27.9 Å². The van der Waals surface area contributed by atoms with Gasteiger partial charge in [-0.05, 0) is 41.8 Å². The van der Waals surface area contributed by atoms with Gasteiger partial charge in [0.05, 0.1) is 26.8 Å². The van der Waals surface area contributed by atoms with Crippen LogP contribution in [0.1, 0.15) is 20.0 Å². The molecule has 0 bridgehead atoms. The molecule has 1 fully saturated rings. The van der Waals surface area contributed by atoms with Crippen molar-refractivity contribution in [2.75, 3.05) is 41.3 Å². The van der Waals surface area contributed by atoms with E-state index >= 15 is 0 Å². The Hall–Kier alpha value is -3.77. The third-order valence-corrected chi connectivity index (χ3v) is 6.47. The van der Waals surface area contributed by atoms with Crippen molar-refractivity contribution < 1.29 is 37.8 Å². The second-order valence-electron chi connectivity index (χ2n) is 7.70. The Bertz CT molecular complexity index is 1260. The van der Waals surface area contributed by atoms with Gasteiger partial charge in [0.15, 0.2) is 0 Å². The molecule has 1 aliphatic heterocycles. The molecular weight excluding hydrogens is 535 g/mol. The van der Waals surface area contributed by atoms with Gasteiger partial charge in [-0.15, -0.1) is 11.3 Å². The van der Waals surface area contributed by atoms with Crippen LogP contribution in [0.15, 0.2) is 60.0 Å². The number of alkyl halides is 3. The SMILES string of the molecule is O=C(Nc1ccc(N2CCN(c3ccccc3Cl)CC2)c(C(=O)O)c1)c1cccs1.O=C(O)C(F)(F)F. The lowest BCUT2D eigenvalue weighted by Crippen LogP contribution is -2.47. The summed E-state index contributed by atoms with van der Waals surface area (Å²) >= 11 is 7.64. The topological polar surface area (TPSA) is 110 Å². The summed E-state index contributed by atoms with van der Waals surface area (Å²) in [5.74, 6) is -4.03. The quantitative estimate of drug-likeness (QED) is 0.391. The molecule has 1 saturated heterocycles. The standard InChI is InChI=1S/C22H20ClN3O3S.C2HF3O2/c23-17-4-1-2-5-19(17)26-11-9-25(10-12-26)18-8-7-15(14-16(18)22(28)29)24-21(27)20-6-3-13-30-20;3-2(4,5)1(6)7/h1-8,13-14H,9-12H2,(H,24,27)(H,28,29);(H,6,7). The molecule has 1 aliphatic rings. The molecule has 0 radical (unpaired) electrons. The smallest absolute Gasteiger partial charge is 0.478 e. The first-order chi connectivity index (χ1) is 17.5. The van der Waals surface area contributed by atoms with Crippen molar-refractivity contribution in [3.05, 3.63) is 75.4 Å². The van der Waals surface area contributed by atoms with Gasteiger partial charge < -0.3 is 25.3 Å². The van der Waals surface area contributed by atoms with Gasteiger partial charge in [-0.1, -0.05) is 29.8 Å². The van der Waals surface area contributed by atoms with E-state index in [1.165, 1.54) is 17.4 Å². The maximum atomic E-state index is 12.3. The van der Waals surface area contributed by atoms with E-state index in [2.05, 4.69) is 15.1 Å². The summed E-state index contributed by atoms with van der Waals surface area (Å²) in [5.41, 5.74) is 2.27. The average Bonchev–Trinajstić information content (AvgIpc) is 3.40. The number of halogens is 4. The van der Waals surface area contributed by atoms with Gasteiger partial charge in [-0.3, -0.25) is 4.79 Å². The monoisotopic (exact) mass is 555 g/mol. The zero-order chi connectivity index (χ0) is 27.2. The maximum Gasteiger partial charge on any atom is 0.490 e. The zero-order valence-electron chi connectivity index (χ0n) is 19.0. The molecule has 0 spiro atoms. The first-order valence-electron chi connectivity index (χ1n) is 10.7. The minimum absolute atomic E-state index is 0.171. The fourth-order valence-corrected chi connectivity index (χ4v) is 4.43. The van der Waals surface area contributed by atoms with Crippen LogP contribution < -0.4 is 15.1 Å². The molecule has 4 rings (SSSR count). The summed E-state index contributed by atoms with van der Waals surface area (Å²) in [5, 5.41) is 22.2. The van der Waals surface area contributed by atoms with Gasteiger partial charge >= 0.3 is 18.1 Å². The van der Waals surface area contributed by atoms with E-state index in [0.717, 1.165) is 18.8 Å².